The lowest BCUT2D eigenvalue weighted by Gasteiger charge is -2.58. The minimum absolute atomic E-state index is 0.412. The highest BCUT2D eigenvalue weighted by Crippen LogP contribution is 2.44. The molecular formula is C13H25NO. The quantitative estimate of drug-likeness (QED) is 0.711. The number of likely N-dealkylation sites (tertiary alicyclic amines) is 1. The van der Waals surface area contributed by atoms with Crippen LogP contribution in [0.2, 0.25) is 0 Å². The van der Waals surface area contributed by atoms with E-state index in [9.17, 15) is 0 Å². The van der Waals surface area contributed by atoms with Crippen LogP contribution in [-0.2, 0) is 4.74 Å². The van der Waals surface area contributed by atoms with E-state index in [4.69, 9.17) is 4.74 Å². The number of likely N-dealkylation sites (N-methyl/N-ethyl adjacent to an activating group) is 1. The normalized spacial score (nSPS) is 35.4. The first-order valence-electron chi connectivity index (χ1n) is 6.53. The van der Waals surface area contributed by atoms with Gasteiger partial charge in [-0.1, -0.05) is 26.7 Å². The van der Waals surface area contributed by atoms with E-state index in [2.05, 4.69) is 25.8 Å². The van der Waals surface area contributed by atoms with E-state index in [1.165, 1.54) is 32.2 Å². The van der Waals surface area contributed by atoms with Crippen molar-refractivity contribution in [1.82, 2.24) is 4.90 Å². The van der Waals surface area contributed by atoms with Gasteiger partial charge in [-0.05, 0) is 38.3 Å². The maximum absolute atomic E-state index is 5.51. The Bertz CT molecular complexity index is 213. The summed E-state index contributed by atoms with van der Waals surface area (Å²) in [7, 11) is 2.29. The lowest BCUT2D eigenvalue weighted by Crippen LogP contribution is -2.69. The van der Waals surface area contributed by atoms with Crippen LogP contribution in [0.15, 0.2) is 0 Å². The minimum Gasteiger partial charge on any atom is -0.377 e. The summed E-state index contributed by atoms with van der Waals surface area (Å²) >= 11 is 0. The number of hydrogen-bond donors (Lipinski definition) is 0. The molecule has 2 unspecified atom stereocenters. The molecule has 0 aromatic rings. The third-order valence-corrected chi connectivity index (χ3v) is 4.68. The van der Waals surface area contributed by atoms with Crippen LogP contribution in [0.1, 0.15) is 39.5 Å². The molecule has 2 aliphatic heterocycles. The summed E-state index contributed by atoms with van der Waals surface area (Å²) in [5.74, 6) is 1.81. The molecule has 2 atom stereocenters. The van der Waals surface area contributed by atoms with E-state index in [0.29, 0.717) is 5.54 Å². The lowest BCUT2D eigenvalue weighted by atomic mass is 9.66. The van der Waals surface area contributed by atoms with Crippen molar-refractivity contribution >= 4 is 0 Å². The van der Waals surface area contributed by atoms with Crippen molar-refractivity contribution in [3.8, 4) is 0 Å². The molecule has 2 saturated heterocycles. The van der Waals surface area contributed by atoms with E-state index < -0.39 is 0 Å². The Labute approximate surface area is 94.0 Å². The highest BCUT2D eigenvalue weighted by molar-refractivity contribution is 5.05. The summed E-state index contributed by atoms with van der Waals surface area (Å²) in [4.78, 5) is 2.57. The Morgan fingerprint density at radius 1 is 1.33 bits per heavy atom. The van der Waals surface area contributed by atoms with E-state index in [-0.39, 0.29) is 0 Å². The van der Waals surface area contributed by atoms with E-state index in [1.54, 1.807) is 0 Å². The maximum atomic E-state index is 5.51. The predicted octanol–water partition coefficient (Wildman–Crippen LogP) is 2.53. The first kappa shape index (κ1) is 11.4. The average molecular weight is 211 g/mol. The van der Waals surface area contributed by atoms with Gasteiger partial charge in [-0.3, -0.25) is 4.90 Å². The zero-order valence-corrected chi connectivity index (χ0v) is 10.5. The van der Waals surface area contributed by atoms with Gasteiger partial charge in [-0.15, -0.1) is 0 Å². The fourth-order valence-electron chi connectivity index (χ4n) is 3.55. The molecule has 0 saturated carbocycles. The Balaban J connectivity index is 2.14. The number of piperidine rings is 1. The molecule has 0 aromatic heterocycles. The molecule has 2 nitrogen and oxygen atoms in total. The molecule has 2 heterocycles. The Hall–Kier alpha value is -0.0800. The van der Waals surface area contributed by atoms with Crippen LogP contribution in [0.3, 0.4) is 0 Å². The van der Waals surface area contributed by atoms with E-state index >= 15 is 0 Å². The molecule has 0 N–H and O–H groups in total. The van der Waals surface area contributed by atoms with Gasteiger partial charge >= 0.3 is 0 Å². The summed E-state index contributed by atoms with van der Waals surface area (Å²) in [6, 6.07) is 0. The molecule has 0 radical (unpaired) electrons. The number of hydrogen-bond acceptors (Lipinski definition) is 2. The van der Waals surface area contributed by atoms with Gasteiger partial charge in [-0.2, -0.15) is 0 Å². The lowest BCUT2D eigenvalue weighted by molar-refractivity contribution is -0.191. The Morgan fingerprint density at radius 3 is 2.53 bits per heavy atom. The molecule has 1 spiro atoms. The molecule has 2 heteroatoms. The van der Waals surface area contributed by atoms with Crippen LogP contribution >= 0.6 is 0 Å². The van der Waals surface area contributed by atoms with Gasteiger partial charge in [0.1, 0.15) is 0 Å². The second-order valence-corrected chi connectivity index (χ2v) is 5.37. The molecule has 88 valence electrons. The summed E-state index contributed by atoms with van der Waals surface area (Å²) in [5, 5.41) is 0. The van der Waals surface area contributed by atoms with Crippen molar-refractivity contribution in [1.29, 1.82) is 0 Å². The monoisotopic (exact) mass is 211 g/mol. The standard InChI is InChI=1S/C13H25NO/c1-4-6-12-11(5-2)7-8-14(3)13(12)9-15-10-13/h11-12H,4-10H2,1-3H3. The van der Waals surface area contributed by atoms with Crippen LogP contribution in [0, 0.1) is 11.8 Å². The van der Waals surface area contributed by atoms with Crippen LogP contribution in [-0.4, -0.2) is 37.2 Å². The number of rotatable bonds is 3. The van der Waals surface area contributed by atoms with E-state index in [1.807, 2.05) is 0 Å². The van der Waals surface area contributed by atoms with Crippen LogP contribution < -0.4 is 0 Å². The van der Waals surface area contributed by atoms with Gasteiger partial charge in [0.05, 0.1) is 18.8 Å². The fraction of sp³-hybridized carbons (Fsp3) is 1.00. The van der Waals surface area contributed by atoms with Crippen LogP contribution in [0.5, 0.6) is 0 Å². The molecule has 15 heavy (non-hydrogen) atoms. The zero-order valence-electron chi connectivity index (χ0n) is 10.5. The molecule has 0 amide bonds. The second-order valence-electron chi connectivity index (χ2n) is 5.37. The summed E-state index contributed by atoms with van der Waals surface area (Å²) in [5.41, 5.74) is 0.412. The van der Waals surface area contributed by atoms with Crippen molar-refractivity contribution in [3.05, 3.63) is 0 Å². The highest BCUT2D eigenvalue weighted by Gasteiger charge is 2.52. The molecule has 2 fully saturated rings. The average Bonchev–Trinajstić information content (AvgIpc) is 2.16. The van der Waals surface area contributed by atoms with Gasteiger partial charge < -0.3 is 4.74 Å². The number of ether oxygens (including phenoxy) is 1. The van der Waals surface area contributed by atoms with Crippen molar-refractivity contribution in [2.75, 3.05) is 26.8 Å². The van der Waals surface area contributed by atoms with Gasteiger partial charge in [-0.25, -0.2) is 0 Å². The zero-order chi connectivity index (χ0) is 10.9. The fourth-order valence-corrected chi connectivity index (χ4v) is 3.55. The summed E-state index contributed by atoms with van der Waals surface area (Å²) in [6.07, 6.45) is 5.43. The summed E-state index contributed by atoms with van der Waals surface area (Å²) < 4.78 is 5.51. The second kappa shape index (κ2) is 4.42. The van der Waals surface area contributed by atoms with Gasteiger partial charge in [0.15, 0.2) is 0 Å². The SMILES string of the molecule is CCCC1C(CC)CCN(C)C12COC2. The van der Waals surface area contributed by atoms with Crippen LogP contribution in [0.4, 0.5) is 0 Å². The first-order chi connectivity index (χ1) is 7.24. The van der Waals surface area contributed by atoms with E-state index in [0.717, 1.165) is 25.0 Å². The first-order valence-corrected chi connectivity index (χ1v) is 6.53. The highest BCUT2D eigenvalue weighted by atomic mass is 16.5. The third kappa shape index (κ3) is 1.72. The largest absolute Gasteiger partial charge is 0.377 e. The van der Waals surface area contributed by atoms with Gasteiger partial charge in [0, 0.05) is 0 Å². The summed E-state index contributed by atoms with van der Waals surface area (Å²) in [6.45, 7) is 7.89. The molecular weight excluding hydrogens is 186 g/mol. The Kier molecular flexibility index (Phi) is 3.36. The van der Waals surface area contributed by atoms with Gasteiger partial charge in [0.2, 0.25) is 0 Å². The molecule has 0 aliphatic carbocycles. The smallest absolute Gasteiger partial charge is 0.0707 e. The third-order valence-electron chi connectivity index (χ3n) is 4.68. The van der Waals surface area contributed by atoms with Gasteiger partial charge in [0.25, 0.3) is 0 Å². The molecule has 0 bridgehead atoms. The molecule has 2 rings (SSSR count). The molecule has 2 aliphatic rings. The van der Waals surface area contributed by atoms with Crippen molar-refractivity contribution < 1.29 is 4.74 Å². The number of nitrogens with zero attached hydrogens (tertiary/aromatic N) is 1. The van der Waals surface area contributed by atoms with Crippen molar-refractivity contribution in [3.63, 3.8) is 0 Å². The minimum atomic E-state index is 0.412. The van der Waals surface area contributed by atoms with Crippen molar-refractivity contribution in [2.45, 2.75) is 45.1 Å². The predicted molar refractivity (Wildman–Crippen MR) is 63.0 cm³/mol. The Morgan fingerprint density at radius 2 is 2.07 bits per heavy atom. The molecule has 0 aromatic carbocycles. The van der Waals surface area contributed by atoms with Crippen LogP contribution in [0.25, 0.3) is 0 Å². The topological polar surface area (TPSA) is 12.5 Å². The van der Waals surface area contributed by atoms with Crippen molar-refractivity contribution in [2.24, 2.45) is 11.8 Å². The maximum Gasteiger partial charge on any atom is 0.0707 e.